The predicted molar refractivity (Wildman–Crippen MR) is 108 cm³/mol. The quantitative estimate of drug-likeness (QED) is 0.671. The normalized spacial score (nSPS) is 13.2. The van der Waals surface area contributed by atoms with E-state index in [2.05, 4.69) is 15.1 Å². The monoisotopic (exact) mass is 414 g/mol. The standard InChI is InChI=1S/C20H19FN4O3S/c1-29(27,28)24-17-12-13(10-11-16(17)21)22-20(26)19-15-8-5-9-18(15)25(23-19)14-6-3-2-4-7-14/h2-4,6-7,10-12,24H,5,8-9H2,1H3,(H,22,26). The molecular formula is C20H19FN4O3S. The van der Waals surface area contributed by atoms with E-state index in [0.29, 0.717) is 5.69 Å². The number of benzene rings is 2. The largest absolute Gasteiger partial charge is 0.321 e. The molecule has 1 amide bonds. The van der Waals surface area contributed by atoms with Gasteiger partial charge in [0, 0.05) is 16.9 Å². The van der Waals surface area contributed by atoms with Gasteiger partial charge >= 0.3 is 0 Å². The maximum absolute atomic E-state index is 13.9. The van der Waals surface area contributed by atoms with Crippen LogP contribution >= 0.6 is 0 Å². The van der Waals surface area contributed by atoms with E-state index in [0.717, 1.165) is 48.5 Å². The number of carbonyl (C=O) groups is 1. The zero-order chi connectivity index (χ0) is 20.6. The van der Waals surface area contributed by atoms with Crippen molar-refractivity contribution < 1.29 is 17.6 Å². The predicted octanol–water partition coefficient (Wildman–Crippen LogP) is 3.12. The van der Waals surface area contributed by atoms with Crippen molar-refractivity contribution in [1.82, 2.24) is 9.78 Å². The van der Waals surface area contributed by atoms with Gasteiger partial charge < -0.3 is 5.32 Å². The highest BCUT2D eigenvalue weighted by molar-refractivity contribution is 7.92. The fraction of sp³-hybridized carbons (Fsp3) is 0.200. The summed E-state index contributed by atoms with van der Waals surface area (Å²) in [5.74, 6) is -1.16. The molecule has 29 heavy (non-hydrogen) atoms. The molecule has 0 radical (unpaired) electrons. The number of carbonyl (C=O) groups excluding carboxylic acids is 1. The van der Waals surface area contributed by atoms with E-state index < -0.39 is 21.7 Å². The third-order valence-corrected chi connectivity index (χ3v) is 5.26. The number of nitrogens with zero attached hydrogens (tertiary/aromatic N) is 2. The summed E-state index contributed by atoms with van der Waals surface area (Å²) in [6.07, 6.45) is 3.47. The summed E-state index contributed by atoms with van der Waals surface area (Å²) in [6.45, 7) is 0. The van der Waals surface area contributed by atoms with Crippen LogP contribution in [0.4, 0.5) is 15.8 Å². The molecule has 0 aliphatic heterocycles. The second-order valence-electron chi connectivity index (χ2n) is 6.90. The van der Waals surface area contributed by atoms with Gasteiger partial charge in [-0.05, 0) is 49.6 Å². The van der Waals surface area contributed by atoms with Crippen LogP contribution in [0, 0.1) is 5.82 Å². The average Bonchev–Trinajstić information content (AvgIpc) is 3.26. The Balaban J connectivity index is 1.64. The van der Waals surface area contributed by atoms with Crippen molar-refractivity contribution in [1.29, 1.82) is 0 Å². The lowest BCUT2D eigenvalue weighted by Gasteiger charge is -2.09. The zero-order valence-electron chi connectivity index (χ0n) is 15.6. The van der Waals surface area contributed by atoms with Crippen molar-refractivity contribution in [2.75, 3.05) is 16.3 Å². The summed E-state index contributed by atoms with van der Waals surface area (Å²) in [6, 6.07) is 13.3. The molecule has 1 aromatic heterocycles. The van der Waals surface area contributed by atoms with Crippen LogP contribution in [0.15, 0.2) is 48.5 Å². The number of halogens is 1. The highest BCUT2D eigenvalue weighted by Gasteiger charge is 2.27. The molecule has 7 nitrogen and oxygen atoms in total. The third-order valence-electron chi connectivity index (χ3n) is 4.67. The Bertz CT molecular complexity index is 1190. The molecule has 1 aliphatic rings. The molecule has 0 spiro atoms. The molecule has 0 bridgehead atoms. The first-order valence-corrected chi connectivity index (χ1v) is 11.0. The number of sulfonamides is 1. The number of hydrogen-bond acceptors (Lipinski definition) is 4. The first-order valence-electron chi connectivity index (χ1n) is 9.07. The van der Waals surface area contributed by atoms with Gasteiger partial charge in [-0.1, -0.05) is 18.2 Å². The van der Waals surface area contributed by atoms with Gasteiger partial charge in [0.05, 0.1) is 17.6 Å². The third kappa shape index (κ3) is 4.00. The Hall–Kier alpha value is -3.20. The molecule has 0 saturated heterocycles. The van der Waals surface area contributed by atoms with Gasteiger partial charge in [0.25, 0.3) is 5.91 Å². The van der Waals surface area contributed by atoms with Crippen LogP contribution in [0.1, 0.15) is 28.2 Å². The van der Waals surface area contributed by atoms with Crippen molar-refractivity contribution in [2.24, 2.45) is 0 Å². The summed E-state index contributed by atoms with van der Waals surface area (Å²) in [7, 11) is -3.65. The Morgan fingerprint density at radius 3 is 2.62 bits per heavy atom. The minimum atomic E-state index is -3.65. The van der Waals surface area contributed by atoms with Crippen LogP contribution in [0.2, 0.25) is 0 Å². The molecule has 0 fully saturated rings. The maximum atomic E-state index is 13.9. The number of aromatic nitrogens is 2. The molecule has 4 rings (SSSR count). The minimum Gasteiger partial charge on any atom is -0.321 e. The maximum Gasteiger partial charge on any atom is 0.276 e. The fourth-order valence-corrected chi connectivity index (χ4v) is 4.03. The Morgan fingerprint density at radius 1 is 1.14 bits per heavy atom. The van der Waals surface area contributed by atoms with Gasteiger partial charge in [-0.25, -0.2) is 17.5 Å². The van der Waals surface area contributed by atoms with Gasteiger partial charge in [0.1, 0.15) is 5.82 Å². The second kappa shape index (κ2) is 7.32. The Morgan fingerprint density at radius 2 is 1.90 bits per heavy atom. The first-order chi connectivity index (χ1) is 13.8. The van der Waals surface area contributed by atoms with Crippen LogP contribution in [0.3, 0.4) is 0 Å². The van der Waals surface area contributed by atoms with E-state index in [1.165, 1.54) is 12.1 Å². The number of para-hydroxylation sites is 1. The summed E-state index contributed by atoms with van der Waals surface area (Å²) in [5, 5.41) is 7.21. The average molecular weight is 414 g/mol. The summed E-state index contributed by atoms with van der Waals surface area (Å²) >= 11 is 0. The van der Waals surface area contributed by atoms with E-state index in [1.54, 1.807) is 4.68 Å². The van der Waals surface area contributed by atoms with E-state index in [1.807, 2.05) is 30.3 Å². The lowest BCUT2D eigenvalue weighted by molar-refractivity contribution is 0.102. The van der Waals surface area contributed by atoms with E-state index >= 15 is 0 Å². The molecule has 0 atom stereocenters. The highest BCUT2D eigenvalue weighted by atomic mass is 32.2. The molecule has 1 heterocycles. The van der Waals surface area contributed by atoms with E-state index in [-0.39, 0.29) is 11.4 Å². The number of amides is 1. The molecule has 150 valence electrons. The molecule has 2 aromatic carbocycles. The molecule has 9 heteroatoms. The van der Waals surface area contributed by atoms with Crippen LogP contribution in [0.25, 0.3) is 5.69 Å². The number of rotatable bonds is 5. The molecular weight excluding hydrogens is 395 g/mol. The van der Waals surface area contributed by atoms with E-state index in [4.69, 9.17) is 0 Å². The smallest absolute Gasteiger partial charge is 0.276 e. The zero-order valence-corrected chi connectivity index (χ0v) is 16.5. The number of anilines is 2. The van der Waals surface area contributed by atoms with Crippen LogP contribution in [-0.2, 0) is 22.9 Å². The Kier molecular flexibility index (Phi) is 4.83. The lowest BCUT2D eigenvalue weighted by atomic mass is 10.2. The van der Waals surface area contributed by atoms with Crippen LogP contribution in [0.5, 0.6) is 0 Å². The Labute approximate surface area is 167 Å². The van der Waals surface area contributed by atoms with Crippen LogP contribution < -0.4 is 10.0 Å². The number of fused-ring (bicyclic) bond motifs is 1. The molecule has 3 aromatic rings. The minimum absolute atomic E-state index is 0.231. The molecule has 1 aliphatic carbocycles. The summed E-state index contributed by atoms with van der Waals surface area (Å²) in [4.78, 5) is 12.9. The van der Waals surface area contributed by atoms with Crippen LogP contribution in [-0.4, -0.2) is 30.4 Å². The first kappa shape index (κ1) is 19.1. The van der Waals surface area contributed by atoms with Crippen molar-refractivity contribution >= 4 is 27.3 Å². The lowest BCUT2D eigenvalue weighted by Crippen LogP contribution is -2.16. The van der Waals surface area contributed by atoms with Crippen molar-refractivity contribution in [2.45, 2.75) is 19.3 Å². The topological polar surface area (TPSA) is 93.1 Å². The summed E-state index contributed by atoms with van der Waals surface area (Å²) < 4.78 is 40.6. The SMILES string of the molecule is CS(=O)(=O)Nc1cc(NC(=O)c2nn(-c3ccccc3)c3c2CCC3)ccc1F. The highest BCUT2D eigenvalue weighted by Crippen LogP contribution is 2.29. The van der Waals surface area contributed by atoms with Gasteiger partial charge in [0.15, 0.2) is 5.69 Å². The number of nitrogens with one attached hydrogen (secondary N) is 2. The van der Waals surface area contributed by atoms with Crippen molar-refractivity contribution in [3.63, 3.8) is 0 Å². The molecule has 0 saturated carbocycles. The molecule has 2 N–H and O–H groups in total. The summed E-state index contributed by atoms with van der Waals surface area (Å²) in [5.41, 5.74) is 3.16. The molecule has 0 unspecified atom stereocenters. The van der Waals surface area contributed by atoms with Gasteiger partial charge in [0.2, 0.25) is 10.0 Å². The second-order valence-corrected chi connectivity index (χ2v) is 8.65. The van der Waals surface area contributed by atoms with Gasteiger partial charge in [-0.15, -0.1) is 0 Å². The van der Waals surface area contributed by atoms with Gasteiger partial charge in [-0.2, -0.15) is 5.10 Å². The van der Waals surface area contributed by atoms with E-state index in [9.17, 15) is 17.6 Å². The fourth-order valence-electron chi connectivity index (χ4n) is 3.47. The number of hydrogen-bond donors (Lipinski definition) is 2. The van der Waals surface area contributed by atoms with Gasteiger partial charge in [-0.3, -0.25) is 9.52 Å². The van der Waals surface area contributed by atoms with Crippen molar-refractivity contribution in [3.05, 3.63) is 71.3 Å². The van der Waals surface area contributed by atoms with Crippen molar-refractivity contribution in [3.8, 4) is 5.69 Å².